The Hall–Kier alpha value is -1.20. The zero-order valence-electron chi connectivity index (χ0n) is 9.11. The normalized spacial score (nSPS) is 10.5. The number of thiazole rings is 1. The predicted octanol–water partition coefficient (Wildman–Crippen LogP) is 3.51. The highest BCUT2D eigenvalue weighted by Crippen LogP contribution is 2.26. The molecule has 0 amide bonds. The van der Waals surface area contributed by atoms with Crippen LogP contribution >= 0.6 is 27.3 Å². The Kier molecular flexibility index (Phi) is 3.59. The van der Waals surface area contributed by atoms with Crippen LogP contribution in [0.5, 0.6) is 0 Å². The average molecular weight is 312 g/mol. The Morgan fingerprint density at radius 3 is 2.94 bits per heavy atom. The van der Waals surface area contributed by atoms with Gasteiger partial charge in [0, 0.05) is 15.4 Å². The summed E-state index contributed by atoms with van der Waals surface area (Å²) in [7, 11) is 0. The lowest BCUT2D eigenvalue weighted by molar-refractivity contribution is -0.136. The highest BCUT2D eigenvalue weighted by Gasteiger charge is 2.08. The fraction of sp³-hybridized carbons (Fsp3) is 0.167. The van der Waals surface area contributed by atoms with E-state index in [9.17, 15) is 4.79 Å². The molecule has 1 aromatic carbocycles. The minimum absolute atomic E-state index is 0.0137. The van der Waals surface area contributed by atoms with Gasteiger partial charge in [-0.1, -0.05) is 22.0 Å². The lowest BCUT2D eigenvalue weighted by atomic mass is 10.1. The fourth-order valence-electron chi connectivity index (χ4n) is 1.46. The van der Waals surface area contributed by atoms with Crippen molar-refractivity contribution in [1.29, 1.82) is 0 Å². The van der Waals surface area contributed by atoms with Gasteiger partial charge in [-0.2, -0.15) is 0 Å². The summed E-state index contributed by atoms with van der Waals surface area (Å²) in [5.74, 6) is -0.849. The zero-order chi connectivity index (χ0) is 12.4. The summed E-state index contributed by atoms with van der Waals surface area (Å²) < 4.78 is 1.06. The van der Waals surface area contributed by atoms with Gasteiger partial charge >= 0.3 is 5.97 Å². The van der Waals surface area contributed by atoms with Crippen LogP contribution in [0, 0.1) is 6.92 Å². The molecular weight excluding hydrogens is 302 g/mol. The number of nitrogens with zero attached hydrogens (tertiary/aromatic N) is 1. The Morgan fingerprint density at radius 1 is 1.53 bits per heavy atom. The van der Waals surface area contributed by atoms with E-state index < -0.39 is 5.97 Å². The maximum absolute atomic E-state index is 10.6. The molecular formula is C12H10BrNO2S. The molecule has 0 saturated heterocycles. The van der Waals surface area contributed by atoms with Crippen LogP contribution in [0.2, 0.25) is 0 Å². The molecule has 0 atom stereocenters. The molecule has 2 aromatic rings. The predicted molar refractivity (Wildman–Crippen MR) is 71.3 cm³/mol. The van der Waals surface area contributed by atoms with Crippen molar-refractivity contribution in [1.82, 2.24) is 4.98 Å². The minimum atomic E-state index is -0.849. The molecule has 1 N–H and O–H groups in total. The van der Waals surface area contributed by atoms with Crippen LogP contribution in [-0.4, -0.2) is 16.1 Å². The third-order valence-corrected chi connectivity index (χ3v) is 4.05. The van der Waals surface area contributed by atoms with Crippen LogP contribution in [0.25, 0.3) is 11.3 Å². The van der Waals surface area contributed by atoms with Gasteiger partial charge in [0.05, 0.1) is 12.1 Å². The lowest BCUT2D eigenvalue weighted by Gasteiger charge is -2.01. The van der Waals surface area contributed by atoms with Crippen molar-refractivity contribution >= 4 is 33.2 Å². The monoisotopic (exact) mass is 311 g/mol. The van der Waals surface area contributed by atoms with E-state index in [0.717, 1.165) is 21.3 Å². The van der Waals surface area contributed by atoms with Crippen molar-refractivity contribution in [2.45, 2.75) is 13.3 Å². The van der Waals surface area contributed by atoms with Gasteiger partial charge in [-0.3, -0.25) is 4.79 Å². The number of halogens is 1. The number of aliphatic carboxylic acids is 1. The van der Waals surface area contributed by atoms with Crippen molar-refractivity contribution in [3.05, 3.63) is 38.6 Å². The van der Waals surface area contributed by atoms with Gasteiger partial charge < -0.3 is 5.11 Å². The summed E-state index contributed by atoms with van der Waals surface area (Å²) in [5, 5.41) is 11.2. The summed E-state index contributed by atoms with van der Waals surface area (Å²) in [4.78, 5) is 14.9. The quantitative estimate of drug-likeness (QED) is 0.943. The van der Waals surface area contributed by atoms with Gasteiger partial charge in [0.2, 0.25) is 0 Å². The van der Waals surface area contributed by atoms with Gasteiger partial charge in [0.15, 0.2) is 0 Å². The molecule has 2 rings (SSSR count). The summed E-state index contributed by atoms with van der Waals surface area (Å²) >= 11 is 4.82. The Labute approximate surface area is 111 Å². The zero-order valence-corrected chi connectivity index (χ0v) is 11.5. The van der Waals surface area contributed by atoms with Crippen LogP contribution in [0.1, 0.15) is 10.6 Å². The van der Waals surface area contributed by atoms with Gasteiger partial charge in [0.1, 0.15) is 5.01 Å². The van der Waals surface area contributed by atoms with Crippen LogP contribution in [0.15, 0.2) is 28.1 Å². The minimum Gasteiger partial charge on any atom is -0.481 e. The SMILES string of the molecule is Cc1cc(-c2csc(CC(=O)O)n2)ccc1Br. The number of rotatable bonds is 3. The molecule has 0 aliphatic rings. The Bertz CT molecular complexity index is 565. The van der Waals surface area contributed by atoms with Crippen molar-refractivity contribution in [2.75, 3.05) is 0 Å². The second-order valence-corrected chi connectivity index (χ2v) is 5.46. The molecule has 0 aliphatic carbocycles. The number of hydrogen-bond acceptors (Lipinski definition) is 3. The molecule has 0 bridgehead atoms. The van der Waals surface area contributed by atoms with Crippen LogP contribution in [0.3, 0.4) is 0 Å². The lowest BCUT2D eigenvalue weighted by Crippen LogP contribution is -1.99. The fourth-order valence-corrected chi connectivity index (χ4v) is 2.50. The van der Waals surface area contributed by atoms with Crippen LogP contribution in [0.4, 0.5) is 0 Å². The van der Waals surface area contributed by atoms with E-state index in [1.807, 2.05) is 30.5 Å². The van der Waals surface area contributed by atoms with E-state index in [1.54, 1.807) is 0 Å². The van der Waals surface area contributed by atoms with Gasteiger partial charge in [-0.25, -0.2) is 4.98 Å². The second kappa shape index (κ2) is 4.98. The highest BCUT2D eigenvalue weighted by atomic mass is 79.9. The molecule has 1 aromatic heterocycles. The molecule has 1 heterocycles. The van der Waals surface area contributed by atoms with Crippen molar-refractivity contribution < 1.29 is 9.90 Å². The first-order valence-corrected chi connectivity index (χ1v) is 6.66. The first-order chi connectivity index (χ1) is 8.06. The van der Waals surface area contributed by atoms with Gasteiger partial charge in [-0.05, 0) is 24.6 Å². The van der Waals surface area contributed by atoms with Crippen molar-refractivity contribution in [3.63, 3.8) is 0 Å². The summed E-state index contributed by atoms with van der Waals surface area (Å²) in [6.45, 7) is 2.01. The third-order valence-electron chi connectivity index (χ3n) is 2.31. The maximum atomic E-state index is 10.6. The molecule has 0 spiro atoms. The number of carbonyl (C=O) groups is 1. The van der Waals surface area contributed by atoms with Gasteiger partial charge in [0.25, 0.3) is 0 Å². The van der Waals surface area contributed by atoms with Crippen LogP contribution < -0.4 is 0 Å². The molecule has 3 nitrogen and oxygen atoms in total. The average Bonchev–Trinajstić information content (AvgIpc) is 2.69. The molecule has 0 aliphatic heterocycles. The van der Waals surface area contributed by atoms with E-state index in [2.05, 4.69) is 20.9 Å². The Balaban J connectivity index is 2.30. The molecule has 88 valence electrons. The molecule has 0 fully saturated rings. The highest BCUT2D eigenvalue weighted by molar-refractivity contribution is 9.10. The summed E-state index contributed by atoms with van der Waals surface area (Å²) in [6.07, 6.45) is -0.0137. The van der Waals surface area contributed by atoms with Crippen molar-refractivity contribution in [2.24, 2.45) is 0 Å². The number of benzene rings is 1. The number of hydrogen-bond donors (Lipinski definition) is 1. The largest absolute Gasteiger partial charge is 0.481 e. The number of carboxylic acid groups (broad SMARTS) is 1. The van der Waals surface area contributed by atoms with Gasteiger partial charge in [-0.15, -0.1) is 11.3 Å². The van der Waals surface area contributed by atoms with Crippen molar-refractivity contribution in [3.8, 4) is 11.3 Å². The van der Waals surface area contributed by atoms with E-state index >= 15 is 0 Å². The van der Waals surface area contributed by atoms with E-state index in [-0.39, 0.29) is 6.42 Å². The third kappa shape index (κ3) is 2.92. The summed E-state index contributed by atoms with van der Waals surface area (Å²) in [6, 6.07) is 5.97. The second-order valence-electron chi connectivity index (χ2n) is 3.66. The number of aryl methyl sites for hydroxylation is 1. The molecule has 0 unspecified atom stereocenters. The summed E-state index contributed by atoms with van der Waals surface area (Å²) in [5.41, 5.74) is 2.98. The molecule has 0 radical (unpaired) electrons. The smallest absolute Gasteiger partial charge is 0.310 e. The molecule has 17 heavy (non-hydrogen) atoms. The standard InChI is InChI=1S/C12H10BrNO2S/c1-7-4-8(2-3-9(7)13)10-6-17-11(14-10)5-12(15)16/h2-4,6H,5H2,1H3,(H,15,16). The van der Waals surface area contributed by atoms with E-state index in [4.69, 9.17) is 5.11 Å². The first kappa shape index (κ1) is 12.3. The Morgan fingerprint density at radius 2 is 2.29 bits per heavy atom. The maximum Gasteiger partial charge on any atom is 0.310 e. The number of aromatic nitrogens is 1. The number of carboxylic acids is 1. The molecule has 5 heteroatoms. The van der Waals surface area contributed by atoms with Crippen LogP contribution in [-0.2, 0) is 11.2 Å². The van der Waals surface area contributed by atoms with E-state index in [1.165, 1.54) is 11.3 Å². The molecule has 0 saturated carbocycles. The topological polar surface area (TPSA) is 50.2 Å². The van der Waals surface area contributed by atoms with E-state index in [0.29, 0.717) is 5.01 Å². The first-order valence-electron chi connectivity index (χ1n) is 4.99.